The van der Waals surface area contributed by atoms with Crippen molar-refractivity contribution in [1.82, 2.24) is 9.80 Å². The Kier molecular flexibility index (Phi) is 6.53. The number of nitrogens with zero attached hydrogens (tertiary/aromatic N) is 2. The molecule has 3 aliphatic heterocycles. The standard InChI is InChI=1S/C35H40N2O6/c38-23-11-14-28-19(16-23)15-20(18-43-28)29-24-12-13-25-30(34(41)36(32(25)39)21-7-3-1-4-8-21)26(24)17-27-31(29)35(42)37(33(27)40)22-9-5-2-6-10-22/h11-12,14,16,18,21-22,25-27,29-31,38H,1-10,13,15,17H2/t25-,26+,27+,29-,30-,31+/m0/s1. The molecule has 4 aliphatic carbocycles. The summed E-state index contributed by atoms with van der Waals surface area (Å²) in [7, 11) is 0. The number of benzene rings is 1. The van der Waals surface area contributed by atoms with Gasteiger partial charge in [-0.1, -0.05) is 50.2 Å². The Morgan fingerprint density at radius 2 is 1.35 bits per heavy atom. The second-order valence-electron chi connectivity index (χ2n) is 14.0. The van der Waals surface area contributed by atoms with Gasteiger partial charge in [-0.05, 0) is 68.2 Å². The molecule has 1 N–H and O–H groups in total. The average Bonchev–Trinajstić information content (AvgIpc) is 3.44. The van der Waals surface area contributed by atoms with Crippen molar-refractivity contribution >= 4 is 23.6 Å². The van der Waals surface area contributed by atoms with E-state index in [0.29, 0.717) is 25.0 Å². The van der Waals surface area contributed by atoms with E-state index in [1.165, 1.54) is 0 Å². The molecule has 3 saturated carbocycles. The number of imide groups is 2. The first-order chi connectivity index (χ1) is 20.9. The van der Waals surface area contributed by atoms with Crippen molar-refractivity contribution in [2.24, 2.45) is 35.5 Å². The maximum atomic E-state index is 14.3. The molecule has 0 radical (unpaired) electrons. The van der Waals surface area contributed by atoms with Gasteiger partial charge in [-0.3, -0.25) is 29.0 Å². The van der Waals surface area contributed by atoms with Gasteiger partial charge in [-0.2, -0.15) is 0 Å². The van der Waals surface area contributed by atoms with Crippen LogP contribution >= 0.6 is 0 Å². The van der Waals surface area contributed by atoms with Crippen molar-refractivity contribution in [3.8, 4) is 11.5 Å². The smallest absolute Gasteiger partial charge is 0.234 e. The molecule has 8 rings (SSSR count). The summed E-state index contributed by atoms with van der Waals surface area (Å²) in [5.74, 6) is -2.04. The van der Waals surface area contributed by atoms with Gasteiger partial charge >= 0.3 is 0 Å². The Morgan fingerprint density at radius 3 is 2.02 bits per heavy atom. The second kappa shape index (κ2) is 10.3. The third-order valence-electron chi connectivity index (χ3n) is 11.8. The molecule has 0 aromatic heterocycles. The summed E-state index contributed by atoms with van der Waals surface area (Å²) >= 11 is 0. The fourth-order valence-corrected chi connectivity index (χ4v) is 9.86. The molecule has 1 aromatic rings. The molecule has 6 atom stereocenters. The third kappa shape index (κ3) is 4.15. The normalized spacial score (nSPS) is 34.7. The lowest BCUT2D eigenvalue weighted by Gasteiger charge is -2.45. The predicted octanol–water partition coefficient (Wildman–Crippen LogP) is 5.05. The first kappa shape index (κ1) is 27.2. The van der Waals surface area contributed by atoms with Crippen molar-refractivity contribution < 1.29 is 29.0 Å². The molecule has 226 valence electrons. The van der Waals surface area contributed by atoms with E-state index >= 15 is 0 Å². The van der Waals surface area contributed by atoms with E-state index in [9.17, 15) is 24.3 Å². The van der Waals surface area contributed by atoms with Gasteiger partial charge in [0.1, 0.15) is 11.5 Å². The number of ether oxygens (including phenoxy) is 1. The van der Waals surface area contributed by atoms with Crippen LogP contribution < -0.4 is 4.74 Å². The zero-order chi connectivity index (χ0) is 29.4. The predicted molar refractivity (Wildman–Crippen MR) is 156 cm³/mol. The van der Waals surface area contributed by atoms with Gasteiger partial charge in [-0.25, -0.2) is 0 Å². The summed E-state index contributed by atoms with van der Waals surface area (Å²) in [5.41, 5.74) is 2.76. The maximum Gasteiger partial charge on any atom is 0.234 e. The van der Waals surface area contributed by atoms with Crippen molar-refractivity contribution in [2.45, 2.75) is 95.6 Å². The number of amides is 4. The van der Waals surface area contributed by atoms with Crippen LogP contribution in [0.4, 0.5) is 0 Å². The molecule has 8 nitrogen and oxygen atoms in total. The minimum Gasteiger partial charge on any atom is -0.508 e. The van der Waals surface area contributed by atoms with E-state index < -0.39 is 23.7 Å². The van der Waals surface area contributed by atoms with Crippen molar-refractivity contribution in [1.29, 1.82) is 0 Å². The number of aromatic hydroxyl groups is 1. The van der Waals surface area contributed by atoms with Crippen LogP contribution in [0.3, 0.4) is 0 Å². The summed E-state index contributed by atoms with van der Waals surface area (Å²) in [6.07, 6.45) is 15.1. The number of allylic oxidation sites excluding steroid dienone is 3. The molecular weight excluding hydrogens is 544 g/mol. The summed E-state index contributed by atoms with van der Waals surface area (Å²) < 4.78 is 6.06. The van der Waals surface area contributed by atoms with Crippen LogP contribution in [-0.4, -0.2) is 50.6 Å². The third-order valence-corrected chi connectivity index (χ3v) is 11.8. The molecule has 7 aliphatic rings. The summed E-state index contributed by atoms with van der Waals surface area (Å²) in [6, 6.07) is 4.95. The molecule has 0 spiro atoms. The molecule has 8 heteroatoms. The Morgan fingerprint density at radius 1 is 0.721 bits per heavy atom. The summed E-state index contributed by atoms with van der Waals surface area (Å²) in [5, 5.41) is 10.2. The largest absolute Gasteiger partial charge is 0.508 e. The van der Waals surface area contributed by atoms with Crippen LogP contribution in [0.1, 0.15) is 82.6 Å². The number of carbonyl (C=O) groups is 4. The minimum absolute atomic E-state index is 0.0231. The van der Waals surface area contributed by atoms with Gasteiger partial charge in [0.2, 0.25) is 23.6 Å². The lowest BCUT2D eigenvalue weighted by molar-refractivity contribution is -0.145. The highest BCUT2D eigenvalue weighted by molar-refractivity contribution is 6.08. The van der Waals surface area contributed by atoms with Gasteiger partial charge < -0.3 is 9.84 Å². The molecule has 5 fully saturated rings. The molecule has 0 bridgehead atoms. The van der Waals surface area contributed by atoms with E-state index in [1.807, 2.05) is 0 Å². The van der Waals surface area contributed by atoms with Crippen LogP contribution in [0.15, 0.2) is 41.7 Å². The van der Waals surface area contributed by atoms with E-state index in [2.05, 4.69) is 6.08 Å². The highest BCUT2D eigenvalue weighted by atomic mass is 16.5. The second-order valence-corrected chi connectivity index (χ2v) is 14.0. The number of carbonyl (C=O) groups excluding carboxylic acids is 4. The first-order valence-electron chi connectivity index (χ1n) is 16.5. The highest BCUT2D eigenvalue weighted by Crippen LogP contribution is 2.58. The molecule has 1 aromatic carbocycles. The molecule has 3 heterocycles. The van der Waals surface area contributed by atoms with Gasteiger partial charge in [0.15, 0.2) is 0 Å². The highest BCUT2D eigenvalue weighted by Gasteiger charge is 2.63. The van der Waals surface area contributed by atoms with Crippen LogP contribution in [0, 0.1) is 35.5 Å². The number of rotatable bonds is 3. The van der Waals surface area contributed by atoms with Crippen molar-refractivity contribution in [2.75, 3.05) is 0 Å². The maximum absolute atomic E-state index is 14.3. The topological polar surface area (TPSA) is 104 Å². The zero-order valence-electron chi connectivity index (χ0n) is 24.6. The van der Waals surface area contributed by atoms with Gasteiger partial charge in [0, 0.05) is 30.0 Å². The number of hydrogen-bond acceptors (Lipinski definition) is 6. The molecular formula is C35H40N2O6. The van der Waals surface area contributed by atoms with Crippen LogP contribution in [0.25, 0.3) is 0 Å². The van der Waals surface area contributed by atoms with Gasteiger partial charge in [-0.15, -0.1) is 0 Å². The Hall–Kier alpha value is -3.42. The van der Waals surface area contributed by atoms with E-state index in [0.717, 1.165) is 80.9 Å². The lowest BCUT2D eigenvalue weighted by atomic mass is 9.56. The van der Waals surface area contributed by atoms with Gasteiger partial charge in [0.05, 0.1) is 29.9 Å². The number of hydrogen-bond donors (Lipinski definition) is 1. The van der Waals surface area contributed by atoms with Crippen LogP contribution in [-0.2, 0) is 25.6 Å². The Bertz CT molecular complexity index is 1450. The minimum atomic E-state index is -0.538. The first-order valence-corrected chi connectivity index (χ1v) is 16.5. The van der Waals surface area contributed by atoms with Gasteiger partial charge in [0.25, 0.3) is 0 Å². The SMILES string of the molecule is O=C1[C@H]2[C@H](CC=C3[C@H](C4=COc5ccc(O)cc5C4)[C@@H]4C(=O)N(C5CCCCC5)C(=O)[C@@H]4C[C@H]32)C(=O)N1C1CCCCC1. The monoisotopic (exact) mass is 584 g/mol. The molecule has 4 amide bonds. The number of fused-ring (bicyclic) bond motifs is 5. The zero-order valence-corrected chi connectivity index (χ0v) is 24.6. The number of phenols is 1. The van der Waals surface area contributed by atoms with Crippen LogP contribution in [0.5, 0.6) is 11.5 Å². The fraction of sp³-hybridized carbons (Fsp3) is 0.600. The fourth-order valence-electron chi connectivity index (χ4n) is 9.86. The number of likely N-dealkylation sites (tertiary alicyclic amines) is 2. The molecule has 43 heavy (non-hydrogen) atoms. The lowest BCUT2D eigenvalue weighted by Crippen LogP contribution is -2.45. The van der Waals surface area contributed by atoms with E-state index in [1.54, 1.807) is 34.3 Å². The quantitative estimate of drug-likeness (QED) is 0.394. The Balaban J connectivity index is 1.19. The molecule has 0 unspecified atom stereocenters. The summed E-state index contributed by atoms with van der Waals surface area (Å²) in [4.78, 5) is 59.7. The summed E-state index contributed by atoms with van der Waals surface area (Å²) in [6.45, 7) is 0. The van der Waals surface area contributed by atoms with E-state index in [4.69, 9.17) is 4.74 Å². The average molecular weight is 585 g/mol. The van der Waals surface area contributed by atoms with E-state index in [-0.39, 0.29) is 53.3 Å². The van der Waals surface area contributed by atoms with Crippen LogP contribution in [0.2, 0.25) is 0 Å². The van der Waals surface area contributed by atoms with Crippen molar-refractivity contribution in [3.05, 3.63) is 47.2 Å². The number of phenolic OH excluding ortho intramolecular Hbond substituents is 1. The Labute approximate surface area is 252 Å². The molecule has 2 saturated heterocycles. The van der Waals surface area contributed by atoms with Crippen molar-refractivity contribution in [3.63, 3.8) is 0 Å².